The predicted molar refractivity (Wildman–Crippen MR) is 126 cm³/mol. The molecule has 0 bridgehead atoms. The first-order valence-electron chi connectivity index (χ1n) is 10.5. The molecule has 0 radical (unpaired) electrons. The van der Waals surface area contributed by atoms with Crippen LogP contribution in [-0.4, -0.2) is 63.7 Å². The largest absolute Gasteiger partial charge is 0.480 e. The van der Waals surface area contributed by atoms with Gasteiger partial charge >= 0.3 is 17.8 Å². The van der Waals surface area contributed by atoms with E-state index in [0.29, 0.717) is 24.3 Å². The van der Waals surface area contributed by atoms with Crippen LogP contribution in [-0.2, 0) is 17.6 Å². The number of carboxylic acid groups (broad SMARTS) is 1. The number of rotatable bonds is 10. The number of benzene rings is 2. The Morgan fingerprint density at radius 2 is 1.76 bits per heavy atom. The number of hydrogen-bond donors (Lipinski definition) is 4. The zero-order valence-electron chi connectivity index (χ0n) is 18.8. The molecule has 3 aromatic rings. The molecule has 1 atom stereocenters. The molecule has 0 saturated carbocycles. The summed E-state index contributed by atoms with van der Waals surface area (Å²) in [5.74, 6) is -0.707. The topological polar surface area (TPSA) is 150 Å². The van der Waals surface area contributed by atoms with Gasteiger partial charge in [0.15, 0.2) is 0 Å². The van der Waals surface area contributed by atoms with E-state index in [1.165, 1.54) is 4.90 Å². The predicted octanol–water partition coefficient (Wildman–Crippen LogP) is 1.99. The molecule has 0 spiro atoms. The van der Waals surface area contributed by atoms with E-state index in [-0.39, 0.29) is 18.3 Å². The molecule has 1 amide bonds. The van der Waals surface area contributed by atoms with E-state index in [1.807, 2.05) is 30.3 Å². The van der Waals surface area contributed by atoms with Gasteiger partial charge in [0.25, 0.3) is 0 Å². The monoisotopic (exact) mass is 466 g/mol. The average Bonchev–Trinajstić information content (AvgIpc) is 2.80. The molecule has 0 aliphatic carbocycles. The second kappa shape index (κ2) is 11.5. The maximum absolute atomic E-state index is 11.9. The molecule has 1 aromatic heterocycles. The lowest BCUT2D eigenvalue weighted by atomic mass is 10.1. The summed E-state index contributed by atoms with van der Waals surface area (Å²) >= 11 is 0. The van der Waals surface area contributed by atoms with E-state index in [4.69, 9.17) is 4.74 Å². The van der Waals surface area contributed by atoms with Crippen molar-refractivity contribution in [2.45, 2.75) is 18.9 Å². The smallest absolute Gasteiger partial charge is 0.414 e. The van der Waals surface area contributed by atoms with Crippen molar-refractivity contribution in [2.75, 3.05) is 31.3 Å². The summed E-state index contributed by atoms with van der Waals surface area (Å²) in [4.78, 5) is 47.1. The van der Waals surface area contributed by atoms with Gasteiger partial charge in [-0.15, -0.1) is 0 Å². The molecule has 11 heteroatoms. The minimum Gasteiger partial charge on any atom is -0.480 e. The van der Waals surface area contributed by atoms with Crippen LogP contribution in [0.3, 0.4) is 0 Å². The van der Waals surface area contributed by atoms with Crippen molar-refractivity contribution in [3.05, 3.63) is 76.2 Å². The first kappa shape index (κ1) is 24.2. The van der Waals surface area contributed by atoms with E-state index < -0.39 is 23.8 Å². The van der Waals surface area contributed by atoms with E-state index in [0.717, 1.165) is 5.56 Å². The number of nitrogens with one attached hydrogen (secondary N) is 3. The molecule has 1 heterocycles. The van der Waals surface area contributed by atoms with E-state index >= 15 is 0 Å². The fraction of sp³-hybridized carbons (Fsp3) is 0.261. The Morgan fingerprint density at radius 3 is 2.41 bits per heavy atom. The van der Waals surface area contributed by atoms with Gasteiger partial charge in [-0.25, -0.2) is 14.4 Å². The van der Waals surface area contributed by atoms with Gasteiger partial charge in [-0.05, 0) is 29.7 Å². The van der Waals surface area contributed by atoms with Crippen LogP contribution < -0.4 is 21.1 Å². The third-order valence-electron chi connectivity index (χ3n) is 4.73. The highest BCUT2D eigenvalue weighted by Crippen LogP contribution is 2.15. The lowest BCUT2D eigenvalue weighted by Crippen LogP contribution is -2.33. The number of nitrogens with zero attached hydrogens (tertiary/aromatic N) is 3. The standard InChI is InChI=1S/C23H26N6O5/c1-29(2)23(33)34-17-10-8-16(9-11-17)14-18(19(30)31)25-21-26-20(27-22(32)28-21)24-13-12-15-6-4-3-5-7-15/h3-11,18H,12-14H2,1-2H3,(H,30,31)(H3,24,25,26,27,28,32)/t18-/m0/s1. The number of aromatic nitrogens is 3. The summed E-state index contributed by atoms with van der Waals surface area (Å²) in [5, 5.41) is 15.4. The van der Waals surface area contributed by atoms with E-state index in [2.05, 4.69) is 25.6 Å². The van der Waals surface area contributed by atoms with Crippen LogP contribution in [0.4, 0.5) is 16.7 Å². The second-order valence-corrected chi connectivity index (χ2v) is 7.63. The molecule has 0 fully saturated rings. The van der Waals surface area contributed by atoms with Crippen LogP contribution in [0.25, 0.3) is 0 Å². The van der Waals surface area contributed by atoms with Crippen LogP contribution in [0.2, 0.25) is 0 Å². The first-order valence-corrected chi connectivity index (χ1v) is 10.5. The molecule has 3 rings (SSSR count). The maximum Gasteiger partial charge on any atom is 0.414 e. The van der Waals surface area contributed by atoms with Crippen molar-refractivity contribution in [2.24, 2.45) is 0 Å². The molecule has 4 N–H and O–H groups in total. The van der Waals surface area contributed by atoms with Crippen molar-refractivity contribution in [3.8, 4) is 5.75 Å². The lowest BCUT2D eigenvalue weighted by molar-refractivity contribution is -0.137. The van der Waals surface area contributed by atoms with Gasteiger partial charge < -0.3 is 25.4 Å². The highest BCUT2D eigenvalue weighted by molar-refractivity contribution is 5.77. The minimum atomic E-state index is -1.13. The average molecular weight is 466 g/mol. The number of aliphatic carboxylic acids is 1. The zero-order valence-corrected chi connectivity index (χ0v) is 18.8. The summed E-state index contributed by atoms with van der Waals surface area (Å²) in [6.45, 7) is 0.517. The number of anilines is 2. The number of hydrogen-bond acceptors (Lipinski definition) is 8. The number of amides is 1. The molecule has 0 aliphatic rings. The number of carboxylic acids is 1. The van der Waals surface area contributed by atoms with E-state index in [1.54, 1.807) is 38.4 Å². The highest BCUT2D eigenvalue weighted by atomic mass is 16.6. The molecule has 2 aromatic carbocycles. The Hall–Kier alpha value is -4.41. The molecule has 178 valence electrons. The second-order valence-electron chi connectivity index (χ2n) is 7.63. The summed E-state index contributed by atoms with van der Waals surface area (Å²) < 4.78 is 5.16. The van der Waals surface area contributed by atoms with Gasteiger partial charge in [0.1, 0.15) is 11.8 Å². The molecule has 11 nitrogen and oxygen atoms in total. The molecule has 34 heavy (non-hydrogen) atoms. The van der Waals surface area contributed by atoms with Crippen molar-refractivity contribution in [1.82, 2.24) is 19.9 Å². The Bertz CT molecular complexity index is 1160. The molecule has 0 saturated heterocycles. The number of carbonyl (C=O) groups excluding carboxylic acids is 1. The number of aromatic amines is 1. The summed E-state index contributed by atoms with van der Waals surface area (Å²) in [6, 6.07) is 15.2. The van der Waals surface area contributed by atoms with Crippen LogP contribution in [0.1, 0.15) is 11.1 Å². The number of carbonyl (C=O) groups is 2. The SMILES string of the molecule is CN(C)C(=O)Oc1ccc(C[C@H](Nc2nc(NCCc3ccccc3)[nH]c(=O)n2)C(=O)O)cc1. The maximum atomic E-state index is 11.9. The van der Waals surface area contributed by atoms with Crippen LogP contribution in [0.15, 0.2) is 59.4 Å². The number of H-pyrrole nitrogens is 1. The van der Waals surface area contributed by atoms with Gasteiger partial charge in [-0.3, -0.25) is 4.98 Å². The fourth-order valence-electron chi connectivity index (χ4n) is 2.98. The van der Waals surface area contributed by atoms with Crippen LogP contribution >= 0.6 is 0 Å². The minimum absolute atomic E-state index is 0.0875. The highest BCUT2D eigenvalue weighted by Gasteiger charge is 2.20. The normalized spacial score (nSPS) is 11.4. The molecule has 0 aliphatic heterocycles. The molecule has 0 unspecified atom stereocenters. The van der Waals surface area contributed by atoms with Gasteiger partial charge in [-0.2, -0.15) is 9.97 Å². The first-order chi connectivity index (χ1) is 16.3. The van der Waals surface area contributed by atoms with Gasteiger partial charge in [0.05, 0.1) is 0 Å². The number of ether oxygens (including phenoxy) is 1. The quantitative estimate of drug-likeness (QED) is 0.352. The van der Waals surface area contributed by atoms with Gasteiger partial charge in [0, 0.05) is 27.1 Å². The summed E-state index contributed by atoms with van der Waals surface area (Å²) in [5.41, 5.74) is 1.14. The fourth-order valence-corrected chi connectivity index (χ4v) is 2.98. The van der Waals surface area contributed by atoms with Crippen molar-refractivity contribution in [3.63, 3.8) is 0 Å². The Balaban J connectivity index is 1.63. The van der Waals surface area contributed by atoms with Crippen LogP contribution in [0, 0.1) is 0 Å². The van der Waals surface area contributed by atoms with Crippen molar-refractivity contribution < 1.29 is 19.4 Å². The van der Waals surface area contributed by atoms with Gasteiger partial charge in [0.2, 0.25) is 11.9 Å². The Morgan fingerprint density at radius 1 is 1.06 bits per heavy atom. The van der Waals surface area contributed by atoms with E-state index in [9.17, 15) is 19.5 Å². The Kier molecular flexibility index (Phi) is 8.16. The van der Waals surface area contributed by atoms with Gasteiger partial charge in [-0.1, -0.05) is 42.5 Å². The molecular formula is C23H26N6O5. The van der Waals surface area contributed by atoms with Crippen molar-refractivity contribution >= 4 is 24.0 Å². The summed E-state index contributed by atoms with van der Waals surface area (Å²) in [6.07, 6.45) is 0.287. The van der Waals surface area contributed by atoms with Crippen LogP contribution in [0.5, 0.6) is 5.75 Å². The zero-order chi connectivity index (χ0) is 24.5. The lowest BCUT2D eigenvalue weighted by Gasteiger charge is -2.15. The third-order valence-corrected chi connectivity index (χ3v) is 4.73. The van der Waals surface area contributed by atoms with Crippen molar-refractivity contribution in [1.29, 1.82) is 0 Å². The Labute approximate surface area is 195 Å². The molecular weight excluding hydrogens is 440 g/mol. The third kappa shape index (κ3) is 7.33. The summed E-state index contributed by atoms with van der Waals surface area (Å²) in [7, 11) is 3.14.